The van der Waals surface area contributed by atoms with Crippen LogP contribution in [0.5, 0.6) is 0 Å². The summed E-state index contributed by atoms with van der Waals surface area (Å²) in [5, 5.41) is 1.11. The molecule has 0 radical (unpaired) electrons. The molecule has 0 fully saturated rings. The van der Waals surface area contributed by atoms with Gasteiger partial charge >= 0.3 is 5.51 Å². The first-order valence-corrected chi connectivity index (χ1v) is 7.47. The van der Waals surface area contributed by atoms with Crippen molar-refractivity contribution >= 4 is 22.7 Å². The minimum atomic E-state index is -4.16. The number of rotatable bonds is 6. The Morgan fingerprint density at radius 2 is 1.95 bits per heavy atom. The Hall–Kier alpha value is -1.14. The minimum Gasteiger partial charge on any atom is -0.346 e. The van der Waals surface area contributed by atoms with Crippen molar-refractivity contribution in [1.82, 2.24) is 4.57 Å². The van der Waals surface area contributed by atoms with Crippen molar-refractivity contribution in [3.05, 3.63) is 36.0 Å². The molecule has 0 spiro atoms. The molecular weight excluding hydrogens is 285 g/mol. The Balaban J connectivity index is 2.16. The van der Waals surface area contributed by atoms with E-state index < -0.39 is 5.51 Å². The Kier molecular flexibility index (Phi) is 4.99. The molecular formula is C14H17F3N2S. The summed E-state index contributed by atoms with van der Waals surface area (Å²) in [7, 11) is 0. The fraction of sp³-hybridized carbons (Fsp3) is 0.429. The fourth-order valence-corrected chi connectivity index (χ4v) is 2.78. The van der Waals surface area contributed by atoms with E-state index in [9.17, 15) is 13.2 Å². The second kappa shape index (κ2) is 6.54. The summed E-state index contributed by atoms with van der Waals surface area (Å²) in [5.74, 6) is 0.0263. The third-order valence-corrected chi connectivity index (χ3v) is 3.83. The van der Waals surface area contributed by atoms with Crippen LogP contribution in [0.25, 0.3) is 10.9 Å². The number of aromatic nitrogens is 1. The van der Waals surface area contributed by atoms with Gasteiger partial charge in [0.05, 0.1) is 0 Å². The molecule has 0 unspecified atom stereocenters. The summed E-state index contributed by atoms with van der Waals surface area (Å²) < 4.78 is 38.5. The van der Waals surface area contributed by atoms with E-state index in [1.807, 2.05) is 35.0 Å². The summed E-state index contributed by atoms with van der Waals surface area (Å²) in [5.41, 5.74) is 3.50. The van der Waals surface area contributed by atoms with Crippen molar-refractivity contribution in [2.24, 2.45) is 5.73 Å². The quantitative estimate of drug-likeness (QED) is 0.880. The van der Waals surface area contributed by atoms with Crippen molar-refractivity contribution in [3.63, 3.8) is 0 Å². The van der Waals surface area contributed by atoms with Crippen LogP contribution in [0.4, 0.5) is 13.2 Å². The van der Waals surface area contributed by atoms with Gasteiger partial charge in [0.15, 0.2) is 0 Å². The molecule has 0 saturated heterocycles. The van der Waals surface area contributed by atoms with Crippen molar-refractivity contribution in [3.8, 4) is 0 Å². The van der Waals surface area contributed by atoms with E-state index in [-0.39, 0.29) is 17.5 Å². The molecule has 0 saturated carbocycles. The highest BCUT2D eigenvalue weighted by molar-refractivity contribution is 8.00. The number of nitrogens with zero attached hydrogens (tertiary/aromatic N) is 1. The summed E-state index contributed by atoms with van der Waals surface area (Å²) in [6, 6.07) is 7.81. The van der Waals surface area contributed by atoms with Crippen LogP contribution in [0.15, 0.2) is 30.5 Å². The van der Waals surface area contributed by atoms with Gasteiger partial charge in [-0.15, -0.1) is 0 Å². The molecule has 2 rings (SSSR count). The van der Waals surface area contributed by atoms with Gasteiger partial charge < -0.3 is 10.3 Å². The van der Waals surface area contributed by atoms with Crippen molar-refractivity contribution < 1.29 is 13.2 Å². The fourth-order valence-electron chi connectivity index (χ4n) is 2.26. The maximum atomic E-state index is 12.2. The zero-order valence-corrected chi connectivity index (χ0v) is 11.8. The number of nitrogens with two attached hydrogens (primary N) is 1. The number of benzene rings is 1. The van der Waals surface area contributed by atoms with Crippen molar-refractivity contribution in [2.75, 3.05) is 12.3 Å². The van der Waals surface area contributed by atoms with E-state index >= 15 is 0 Å². The van der Waals surface area contributed by atoms with Gasteiger partial charge in [-0.05, 0) is 42.8 Å². The van der Waals surface area contributed by atoms with Crippen LogP contribution >= 0.6 is 11.8 Å². The molecule has 2 nitrogen and oxygen atoms in total. The van der Waals surface area contributed by atoms with E-state index in [0.29, 0.717) is 13.1 Å². The summed E-state index contributed by atoms with van der Waals surface area (Å²) in [6.45, 7) is 0.969. The largest absolute Gasteiger partial charge is 0.441 e. The first kappa shape index (κ1) is 15.3. The molecule has 0 aliphatic rings. The second-order valence-corrected chi connectivity index (χ2v) is 5.71. The van der Waals surface area contributed by atoms with Gasteiger partial charge in [0, 0.05) is 29.4 Å². The van der Waals surface area contributed by atoms with Crippen LogP contribution in [0.1, 0.15) is 12.0 Å². The normalized spacial score (nSPS) is 12.2. The summed E-state index contributed by atoms with van der Waals surface area (Å²) in [4.78, 5) is 0. The molecule has 20 heavy (non-hydrogen) atoms. The third kappa shape index (κ3) is 3.93. The molecule has 0 amide bonds. The van der Waals surface area contributed by atoms with E-state index in [1.165, 1.54) is 0 Å². The number of halogens is 3. The first-order valence-electron chi connectivity index (χ1n) is 6.49. The standard InChI is InChI=1S/C14H17F3N2S/c15-14(16,17)20-9-8-19-10-11(4-3-7-18)12-5-1-2-6-13(12)19/h1-2,5-6,10H,3-4,7-9,18H2. The van der Waals surface area contributed by atoms with E-state index in [2.05, 4.69) is 0 Å². The molecule has 2 N–H and O–H groups in total. The summed E-state index contributed by atoms with van der Waals surface area (Å²) >= 11 is 0.0232. The van der Waals surface area contributed by atoms with Crippen molar-refractivity contribution in [2.45, 2.75) is 24.9 Å². The number of thioether (sulfide) groups is 1. The monoisotopic (exact) mass is 302 g/mol. The SMILES string of the molecule is NCCCc1cn(CCSC(F)(F)F)c2ccccc12. The third-order valence-electron chi connectivity index (χ3n) is 3.12. The topological polar surface area (TPSA) is 30.9 Å². The number of fused-ring (bicyclic) bond motifs is 1. The smallest absolute Gasteiger partial charge is 0.346 e. The predicted octanol–water partition coefficient (Wildman–Crippen LogP) is 3.79. The maximum absolute atomic E-state index is 12.2. The van der Waals surface area contributed by atoms with E-state index in [0.717, 1.165) is 29.3 Å². The zero-order chi connectivity index (χ0) is 14.6. The van der Waals surface area contributed by atoms with Crippen LogP contribution in [0, 0.1) is 0 Å². The van der Waals surface area contributed by atoms with Crippen molar-refractivity contribution in [1.29, 1.82) is 0 Å². The van der Waals surface area contributed by atoms with Crippen LogP contribution in [-0.4, -0.2) is 22.4 Å². The lowest BCUT2D eigenvalue weighted by atomic mass is 10.1. The van der Waals surface area contributed by atoms with Gasteiger partial charge in [0.1, 0.15) is 0 Å². The lowest BCUT2D eigenvalue weighted by Gasteiger charge is -2.07. The van der Waals surface area contributed by atoms with Gasteiger partial charge in [0.2, 0.25) is 0 Å². The lowest BCUT2D eigenvalue weighted by molar-refractivity contribution is -0.0328. The minimum absolute atomic E-state index is 0.0232. The highest BCUT2D eigenvalue weighted by atomic mass is 32.2. The Bertz CT molecular complexity index is 563. The van der Waals surface area contributed by atoms with Gasteiger partial charge in [-0.2, -0.15) is 13.2 Å². The van der Waals surface area contributed by atoms with Crippen LogP contribution in [0.2, 0.25) is 0 Å². The molecule has 0 aliphatic heterocycles. The number of para-hydroxylation sites is 1. The number of aryl methyl sites for hydroxylation is 2. The summed E-state index contributed by atoms with van der Waals surface area (Å²) in [6.07, 6.45) is 3.69. The average Bonchev–Trinajstić information content (AvgIpc) is 2.74. The highest BCUT2D eigenvalue weighted by Crippen LogP contribution is 2.31. The molecule has 1 heterocycles. The Labute approximate surface area is 120 Å². The molecule has 0 aliphatic carbocycles. The maximum Gasteiger partial charge on any atom is 0.441 e. The molecule has 110 valence electrons. The van der Waals surface area contributed by atoms with Crippen LogP contribution < -0.4 is 5.73 Å². The van der Waals surface area contributed by atoms with Gasteiger partial charge in [-0.1, -0.05) is 18.2 Å². The van der Waals surface area contributed by atoms with Crippen LogP contribution in [-0.2, 0) is 13.0 Å². The molecule has 6 heteroatoms. The molecule has 2 aromatic rings. The van der Waals surface area contributed by atoms with Gasteiger partial charge in [-0.25, -0.2) is 0 Å². The lowest BCUT2D eigenvalue weighted by Crippen LogP contribution is -2.06. The van der Waals surface area contributed by atoms with Gasteiger partial charge in [-0.3, -0.25) is 0 Å². The Morgan fingerprint density at radius 1 is 1.20 bits per heavy atom. The number of hydrogen-bond acceptors (Lipinski definition) is 2. The highest BCUT2D eigenvalue weighted by Gasteiger charge is 2.27. The molecule has 1 aromatic heterocycles. The Morgan fingerprint density at radius 3 is 2.65 bits per heavy atom. The first-order chi connectivity index (χ1) is 9.51. The molecule has 1 aromatic carbocycles. The van der Waals surface area contributed by atoms with Gasteiger partial charge in [0.25, 0.3) is 0 Å². The zero-order valence-electron chi connectivity index (χ0n) is 11.0. The van der Waals surface area contributed by atoms with E-state index in [1.54, 1.807) is 0 Å². The predicted molar refractivity (Wildman–Crippen MR) is 77.8 cm³/mol. The van der Waals surface area contributed by atoms with E-state index in [4.69, 9.17) is 5.73 Å². The molecule has 0 atom stereocenters. The van der Waals surface area contributed by atoms with Crippen LogP contribution in [0.3, 0.4) is 0 Å². The second-order valence-electron chi connectivity index (χ2n) is 4.55. The number of alkyl halides is 3. The number of hydrogen-bond donors (Lipinski definition) is 1. The molecule has 0 bridgehead atoms. The average molecular weight is 302 g/mol.